The molecule has 0 saturated carbocycles. The summed E-state index contributed by atoms with van der Waals surface area (Å²) >= 11 is 1.27. The SMILES string of the molecule is CCOC(F)(F)C1CN(c2ccc3c(n2)CCC(NC(=O)c2sc4nc(C)ncc4c2N)C3)CC1NC. The second-order valence-electron chi connectivity index (χ2n) is 9.57. The van der Waals surface area contributed by atoms with Crippen molar-refractivity contribution in [2.24, 2.45) is 5.92 Å². The maximum atomic E-state index is 14.5. The Labute approximate surface area is 217 Å². The number of hydrogen-bond donors (Lipinski definition) is 3. The first-order chi connectivity index (χ1) is 17.7. The summed E-state index contributed by atoms with van der Waals surface area (Å²) in [4.78, 5) is 29.4. The summed E-state index contributed by atoms with van der Waals surface area (Å²) in [5, 5.41) is 6.81. The van der Waals surface area contributed by atoms with Crippen molar-refractivity contribution in [1.29, 1.82) is 0 Å². The minimum Gasteiger partial charge on any atom is -0.397 e. The molecular weight excluding hydrogens is 500 g/mol. The molecule has 1 saturated heterocycles. The molecule has 2 aliphatic rings. The molecule has 12 heteroatoms. The average molecular weight is 532 g/mol. The van der Waals surface area contributed by atoms with Crippen LogP contribution in [0.3, 0.4) is 0 Å². The van der Waals surface area contributed by atoms with E-state index in [2.05, 4.69) is 20.6 Å². The summed E-state index contributed by atoms with van der Waals surface area (Å²) in [6.07, 6.45) is 0.494. The molecule has 3 aromatic heterocycles. The van der Waals surface area contributed by atoms with Gasteiger partial charge in [-0.3, -0.25) is 4.79 Å². The van der Waals surface area contributed by atoms with Crippen LogP contribution in [0.1, 0.15) is 40.1 Å². The summed E-state index contributed by atoms with van der Waals surface area (Å²) in [7, 11) is 1.69. The Hall–Kier alpha value is -2.96. The smallest absolute Gasteiger partial charge is 0.361 e. The summed E-state index contributed by atoms with van der Waals surface area (Å²) in [6.45, 7) is 3.91. The molecule has 9 nitrogen and oxygen atoms in total. The van der Waals surface area contributed by atoms with Gasteiger partial charge in [0.25, 0.3) is 5.91 Å². The van der Waals surface area contributed by atoms with Crippen molar-refractivity contribution >= 4 is 39.0 Å². The number of thiophene rings is 1. The maximum Gasteiger partial charge on any atom is 0.361 e. The number of hydrogen-bond acceptors (Lipinski definition) is 9. The van der Waals surface area contributed by atoms with Crippen LogP contribution in [-0.2, 0) is 17.6 Å². The molecule has 0 radical (unpaired) electrons. The molecule has 3 atom stereocenters. The number of carbonyl (C=O) groups excluding carboxylic acids is 1. The van der Waals surface area contributed by atoms with E-state index in [1.54, 1.807) is 27.1 Å². The zero-order valence-corrected chi connectivity index (χ0v) is 21.9. The fourth-order valence-corrected chi connectivity index (χ4v) is 6.24. The van der Waals surface area contributed by atoms with E-state index in [-0.39, 0.29) is 25.1 Å². The van der Waals surface area contributed by atoms with E-state index >= 15 is 0 Å². The number of ether oxygens (including phenoxy) is 1. The fourth-order valence-electron chi connectivity index (χ4n) is 5.23. The highest BCUT2D eigenvalue weighted by Gasteiger charge is 2.50. The zero-order chi connectivity index (χ0) is 26.3. The highest BCUT2D eigenvalue weighted by molar-refractivity contribution is 7.21. The number of anilines is 2. The van der Waals surface area contributed by atoms with Gasteiger partial charge in [-0.15, -0.1) is 11.3 Å². The Morgan fingerprint density at radius 3 is 2.89 bits per heavy atom. The lowest BCUT2D eigenvalue weighted by atomic mass is 9.91. The Morgan fingerprint density at radius 1 is 1.32 bits per heavy atom. The number of carbonyl (C=O) groups is 1. The van der Waals surface area contributed by atoms with Gasteiger partial charge in [0, 0.05) is 37.1 Å². The highest BCUT2D eigenvalue weighted by atomic mass is 32.1. The molecule has 1 aliphatic carbocycles. The summed E-state index contributed by atoms with van der Waals surface area (Å²) < 4.78 is 33.8. The van der Waals surface area contributed by atoms with Gasteiger partial charge < -0.3 is 26.0 Å². The number of fused-ring (bicyclic) bond motifs is 2. The lowest BCUT2D eigenvalue weighted by Crippen LogP contribution is -2.44. The van der Waals surface area contributed by atoms with Gasteiger partial charge in [0.2, 0.25) is 0 Å². The van der Waals surface area contributed by atoms with Crippen molar-refractivity contribution in [3.05, 3.63) is 40.3 Å². The number of rotatable bonds is 7. The van der Waals surface area contributed by atoms with Crippen LogP contribution in [-0.4, -0.2) is 65.8 Å². The van der Waals surface area contributed by atoms with Gasteiger partial charge in [-0.05, 0) is 51.8 Å². The number of nitrogens with one attached hydrogen (secondary N) is 2. The molecule has 1 amide bonds. The van der Waals surface area contributed by atoms with Crippen LogP contribution in [0.2, 0.25) is 0 Å². The number of alkyl halides is 2. The minimum atomic E-state index is -3.21. The summed E-state index contributed by atoms with van der Waals surface area (Å²) in [5.41, 5.74) is 8.61. The van der Waals surface area contributed by atoms with Crippen LogP contribution in [0.5, 0.6) is 0 Å². The number of pyridine rings is 1. The minimum absolute atomic E-state index is 0.0437. The number of aryl methyl sites for hydroxylation is 2. The molecule has 3 aromatic rings. The van der Waals surface area contributed by atoms with Crippen molar-refractivity contribution in [1.82, 2.24) is 25.6 Å². The Bertz CT molecular complexity index is 1320. The van der Waals surface area contributed by atoms with Gasteiger partial charge in [-0.2, -0.15) is 8.78 Å². The van der Waals surface area contributed by atoms with Gasteiger partial charge in [0.1, 0.15) is 21.3 Å². The van der Waals surface area contributed by atoms with Crippen LogP contribution in [0, 0.1) is 12.8 Å². The van der Waals surface area contributed by atoms with Crippen molar-refractivity contribution in [2.75, 3.05) is 37.4 Å². The molecule has 1 aliphatic heterocycles. The topological polar surface area (TPSA) is 118 Å². The lowest BCUT2D eigenvalue weighted by molar-refractivity contribution is -0.268. The van der Waals surface area contributed by atoms with E-state index in [1.807, 2.05) is 17.0 Å². The lowest BCUT2D eigenvalue weighted by Gasteiger charge is -2.27. The van der Waals surface area contributed by atoms with Crippen LogP contribution in [0.25, 0.3) is 10.2 Å². The molecule has 4 N–H and O–H groups in total. The number of likely N-dealkylation sites (N-methyl/N-ethyl adjacent to an activating group) is 1. The number of nitrogens with two attached hydrogens (primary N) is 1. The van der Waals surface area contributed by atoms with Crippen LogP contribution < -0.4 is 21.3 Å². The monoisotopic (exact) mass is 531 g/mol. The van der Waals surface area contributed by atoms with E-state index in [9.17, 15) is 13.6 Å². The van der Waals surface area contributed by atoms with Crippen LogP contribution >= 0.6 is 11.3 Å². The number of halogens is 2. The van der Waals surface area contributed by atoms with Gasteiger partial charge in [0.15, 0.2) is 0 Å². The average Bonchev–Trinajstić information content (AvgIpc) is 3.45. The van der Waals surface area contributed by atoms with E-state index in [4.69, 9.17) is 15.5 Å². The standard InChI is InChI=1S/C25H31F2N7O2S/c1-4-36-25(26,27)17-11-34(12-19(17)29-3)20-8-5-14-9-15(6-7-18(14)33-20)32-23(35)22-21(28)16-10-30-13(2)31-24(16)37-22/h5,8,10,15,17,19,29H,4,6-7,9,11-12,28H2,1-3H3,(H,32,35). The van der Waals surface area contributed by atoms with Crippen LogP contribution in [0.15, 0.2) is 18.3 Å². The molecule has 0 aromatic carbocycles. The van der Waals surface area contributed by atoms with Crippen molar-refractivity contribution < 1.29 is 18.3 Å². The predicted octanol–water partition coefficient (Wildman–Crippen LogP) is 2.92. The third-order valence-corrected chi connectivity index (χ3v) is 8.30. The van der Waals surface area contributed by atoms with E-state index < -0.39 is 18.1 Å². The number of amides is 1. The quantitative estimate of drug-likeness (QED) is 0.426. The zero-order valence-electron chi connectivity index (χ0n) is 21.1. The number of nitrogen functional groups attached to an aromatic ring is 1. The number of aromatic nitrogens is 3. The van der Waals surface area contributed by atoms with Crippen molar-refractivity contribution in [3.63, 3.8) is 0 Å². The second kappa shape index (κ2) is 10.1. The molecule has 5 rings (SSSR count). The molecule has 1 fully saturated rings. The molecule has 198 valence electrons. The molecular formula is C25H31F2N7O2S. The van der Waals surface area contributed by atoms with Gasteiger partial charge in [-0.25, -0.2) is 15.0 Å². The predicted molar refractivity (Wildman–Crippen MR) is 139 cm³/mol. The molecule has 0 bridgehead atoms. The van der Waals surface area contributed by atoms with E-state index in [0.29, 0.717) is 51.8 Å². The first-order valence-electron chi connectivity index (χ1n) is 12.5. The van der Waals surface area contributed by atoms with Gasteiger partial charge in [-0.1, -0.05) is 6.07 Å². The van der Waals surface area contributed by atoms with Crippen molar-refractivity contribution in [2.45, 2.75) is 51.3 Å². The Balaban J connectivity index is 1.26. The molecule has 37 heavy (non-hydrogen) atoms. The normalized spacial score (nSPS) is 21.9. The number of nitrogens with zero attached hydrogens (tertiary/aromatic N) is 4. The third-order valence-electron chi connectivity index (χ3n) is 7.18. The molecule has 4 heterocycles. The Morgan fingerprint density at radius 2 is 2.14 bits per heavy atom. The first kappa shape index (κ1) is 25.7. The molecule has 0 spiro atoms. The van der Waals surface area contributed by atoms with E-state index in [1.165, 1.54) is 11.3 Å². The Kier molecular flexibility index (Phi) is 6.99. The summed E-state index contributed by atoms with van der Waals surface area (Å²) in [5.74, 6) is 0.134. The molecule has 3 unspecified atom stereocenters. The third kappa shape index (κ3) is 4.97. The largest absolute Gasteiger partial charge is 0.397 e. The van der Waals surface area contributed by atoms with Gasteiger partial charge in [0.05, 0.1) is 23.6 Å². The van der Waals surface area contributed by atoms with Gasteiger partial charge >= 0.3 is 6.11 Å². The highest BCUT2D eigenvalue weighted by Crippen LogP contribution is 2.36. The van der Waals surface area contributed by atoms with E-state index in [0.717, 1.165) is 17.7 Å². The second-order valence-corrected chi connectivity index (χ2v) is 10.6. The van der Waals surface area contributed by atoms with Crippen LogP contribution in [0.4, 0.5) is 20.3 Å². The first-order valence-corrected chi connectivity index (χ1v) is 13.3. The fraction of sp³-hybridized carbons (Fsp3) is 0.520. The summed E-state index contributed by atoms with van der Waals surface area (Å²) in [6, 6.07) is 3.40. The van der Waals surface area contributed by atoms with Crippen molar-refractivity contribution in [3.8, 4) is 0 Å². The maximum absolute atomic E-state index is 14.5.